The molecule has 0 aliphatic rings. The van der Waals surface area contributed by atoms with Gasteiger partial charge in [-0.25, -0.2) is 0 Å². The predicted molar refractivity (Wildman–Crippen MR) is 49.2 cm³/mol. The predicted octanol–water partition coefficient (Wildman–Crippen LogP) is 1.95. The van der Waals surface area contributed by atoms with Crippen molar-refractivity contribution in [1.29, 1.82) is 0 Å². The lowest BCUT2D eigenvalue weighted by Gasteiger charge is -1.94. The molecule has 0 unspecified atom stereocenters. The Bertz CT molecular complexity index is 71.3. The van der Waals surface area contributed by atoms with Gasteiger partial charge in [0.1, 0.15) is 0 Å². The van der Waals surface area contributed by atoms with E-state index in [2.05, 4.69) is 19.9 Å². The van der Waals surface area contributed by atoms with Gasteiger partial charge in [0.15, 0.2) is 0 Å². The summed E-state index contributed by atoms with van der Waals surface area (Å²) in [5.41, 5.74) is 0. The molecular weight excluding hydrogens is 140 g/mol. The van der Waals surface area contributed by atoms with E-state index in [1.165, 1.54) is 12.1 Å². The summed E-state index contributed by atoms with van der Waals surface area (Å²) in [5, 5.41) is 0. The molecule has 0 radical (unpaired) electrons. The highest BCUT2D eigenvalue weighted by atomic mass is 28.2. The van der Waals surface area contributed by atoms with Crippen LogP contribution in [0.5, 0.6) is 0 Å². The van der Waals surface area contributed by atoms with Crippen LogP contribution in [0, 0.1) is 0 Å². The first-order valence-electron chi connectivity index (χ1n) is 4.18. The third-order valence-corrected chi connectivity index (χ3v) is 2.69. The molecule has 0 aromatic rings. The topological polar surface area (TPSA) is 9.23 Å². The molecule has 10 heavy (non-hydrogen) atoms. The highest BCUT2D eigenvalue weighted by Gasteiger charge is 1.78. The second-order valence-electron chi connectivity index (χ2n) is 2.38. The van der Waals surface area contributed by atoms with Gasteiger partial charge >= 0.3 is 0 Å². The molecule has 0 amide bonds. The van der Waals surface area contributed by atoms with Crippen molar-refractivity contribution in [1.82, 2.24) is 0 Å². The molecule has 1 nitrogen and oxygen atoms in total. The molecule has 0 fully saturated rings. The fraction of sp³-hybridized carbons (Fsp3) is 0.750. The Morgan fingerprint density at radius 1 is 1.40 bits per heavy atom. The SMILES string of the molecule is CCCOC=CC[SiH2]CC. The largest absolute Gasteiger partial charge is 0.502 e. The molecule has 2 heteroatoms. The second kappa shape index (κ2) is 8.76. The zero-order valence-corrected chi connectivity index (χ0v) is 8.51. The smallest absolute Gasteiger partial charge is 0.0870 e. The molecule has 0 saturated carbocycles. The Hall–Kier alpha value is -0.243. The molecule has 0 bridgehead atoms. The normalized spacial score (nSPS) is 11.8. The van der Waals surface area contributed by atoms with Crippen molar-refractivity contribution in [3.8, 4) is 0 Å². The highest BCUT2D eigenvalue weighted by Crippen LogP contribution is 1.88. The number of allylic oxidation sites excluding steroid dienone is 1. The van der Waals surface area contributed by atoms with Crippen LogP contribution in [-0.4, -0.2) is 16.1 Å². The molecule has 60 valence electrons. The molecule has 0 saturated heterocycles. The highest BCUT2D eigenvalue weighted by molar-refractivity contribution is 6.35. The summed E-state index contributed by atoms with van der Waals surface area (Å²) in [6, 6.07) is 2.69. The lowest BCUT2D eigenvalue weighted by molar-refractivity contribution is 0.249. The molecule has 0 atom stereocenters. The fourth-order valence-electron chi connectivity index (χ4n) is 0.644. The van der Waals surface area contributed by atoms with E-state index < -0.39 is 0 Å². The third-order valence-electron chi connectivity index (χ3n) is 1.24. The first-order chi connectivity index (χ1) is 4.91. The van der Waals surface area contributed by atoms with Gasteiger partial charge in [-0.05, 0) is 12.5 Å². The van der Waals surface area contributed by atoms with Crippen LogP contribution in [0.15, 0.2) is 12.3 Å². The van der Waals surface area contributed by atoms with Crippen molar-refractivity contribution in [3.05, 3.63) is 12.3 Å². The van der Waals surface area contributed by atoms with Gasteiger partial charge in [0.25, 0.3) is 0 Å². The van der Waals surface area contributed by atoms with Crippen LogP contribution in [0.2, 0.25) is 12.1 Å². The Labute approximate surface area is 66.3 Å². The fourth-order valence-corrected chi connectivity index (χ4v) is 1.42. The van der Waals surface area contributed by atoms with Gasteiger partial charge in [-0.3, -0.25) is 0 Å². The summed E-state index contributed by atoms with van der Waals surface area (Å²) in [4.78, 5) is 0. The van der Waals surface area contributed by atoms with Gasteiger partial charge in [-0.1, -0.05) is 26.0 Å². The minimum Gasteiger partial charge on any atom is -0.502 e. The maximum atomic E-state index is 5.17. The average molecular weight is 158 g/mol. The summed E-state index contributed by atoms with van der Waals surface area (Å²) in [5.74, 6) is 0. The van der Waals surface area contributed by atoms with E-state index in [1.807, 2.05) is 6.26 Å². The van der Waals surface area contributed by atoms with E-state index in [0.717, 1.165) is 13.0 Å². The molecule has 0 rings (SSSR count). The van der Waals surface area contributed by atoms with Crippen molar-refractivity contribution in [3.63, 3.8) is 0 Å². The zero-order chi connectivity index (χ0) is 7.66. The lowest BCUT2D eigenvalue weighted by Crippen LogP contribution is -1.84. The van der Waals surface area contributed by atoms with Crippen LogP contribution in [0.4, 0.5) is 0 Å². The van der Waals surface area contributed by atoms with Gasteiger partial charge in [-0.2, -0.15) is 0 Å². The Kier molecular flexibility index (Phi) is 8.54. The summed E-state index contributed by atoms with van der Waals surface area (Å²) >= 11 is 0. The number of rotatable bonds is 6. The zero-order valence-electron chi connectivity index (χ0n) is 7.10. The van der Waals surface area contributed by atoms with Crippen LogP contribution in [0.3, 0.4) is 0 Å². The Morgan fingerprint density at radius 2 is 2.20 bits per heavy atom. The maximum absolute atomic E-state index is 5.17. The molecule has 0 aliphatic carbocycles. The van der Waals surface area contributed by atoms with Crippen LogP contribution in [0.1, 0.15) is 20.3 Å². The van der Waals surface area contributed by atoms with Gasteiger partial charge in [0.05, 0.1) is 12.9 Å². The first kappa shape index (κ1) is 9.76. The number of hydrogen-bond donors (Lipinski definition) is 0. The van der Waals surface area contributed by atoms with Crippen LogP contribution in [0.25, 0.3) is 0 Å². The van der Waals surface area contributed by atoms with Crippen molar-refractivity contribution < 1.29 is 4.74 Å². The molecule has 0 aromatic heterocycles. The van der Waals surface area contributed by atoms with Gasteiger partial charge in [0, 0.05) is 9.52 Å². The van der Waals surface area contributed by atoms with Crippen molar-refractivity contribution in [2.24, 2.45) is 0 Å². The minimum absolute atomic E-state index is 0.221. The van der Waals surface area contributed by atoms with E-state index in [-0.39, 0.29) is 9.52 Å². The molecule has 0 heterocycles. The summed E-state index contributed by atoms with van der Waals surface area (Å²) in [6.45, 7) is 5.24. The summed E-state index contributed by atoms with van der Waals surface area (Å²) in [6.07, 6.45) is 5.12. The van der Waals surface area contributed by atoms with Gasteiger partial charge < -0.3 is 4.74 Å². The van der Waals surface area contributed by atoms with E-state index in [4.69, 9.17) is 4.74 Å². The minimum atomic E-state index is 0.221. The van der Waals surface area contributed by atoms with Crippen LogP contribution in [-0.2, 0) is 4.74 Å². The molecule has 0 aliphatic heterocycles. The monoisotopic (exact) mass is 158 g/mol. The Balaban J connectivity index is 2.89. The third kappa shape index (κ3) is 7.76. The average Bonchev–Trinajstić information content (AvgIpc) is 1.97. The maximum Gasteiger partial charge on any atom is 0.0870 e. The molecule has 0 aromatic carbocycles. The van der Waals surface area contributed by atoms with Crippen molar-refractivity contribution in [2.75, 3.05) is 6.61 Å². The quantitative estimate of drug-likeness (QED) is 0.326. The van der Waals surface area contributed by atoms with Crippen LogP contribution >= 0.6 is 0 Å². The van der Waals surface area contributed by atoms with E-state index in [0.29, 0.717) is 0 Å². The Morgan fingerprint density at radius 3 is 2.80 bits per heavy atom. The van der Waals surface area contributed by atoms with Gasteiger partial charge in [-0.15, -0.1) is 0 Å². The van der Waals surface area contributed by atoms with E-state index in [9.17, 15) is 0 Å². The van der Waals surface area contributed by atoms with E-state index in [1.54, 1.807) is 0 Å². The second-order valence-corrected chi connectivity index (χ2v) is 4.67. The molecule has 0 spiro atoms. The standard InChI is InChI=1S/C8H18OSi/c1-3-6-9-7-5-8-10-4-2/h5,7H,3-4,6,8,10H2,1-2H3. The van der Waals surface area contributed by atoms with Crippen molar-refractivity contribution >= 4 is 9.52 Å². The van der Waals surface area contributed by atoms with Crippen LogP contribution < -0.4 is 0 Å². The summed E-state index contributed by atoms with van der Waals surface area (Å²) in [7, 11) is 0.221. The molecule has 0 N–H and O–H groups in total. The van der Waals surface area contributed by atoms with E-state index >= 15 is 0 Å². The lowest BCUT2D eigenvalue weighted by atomic mass is 10.5. The summed E-state index contributed by atoms with van der Waals surface area (Å²) < 4.78 is 5.17. The number of ether oxygens (including phenoxy) is 1. The molecular formula is C8H18OSi. The number of hydrogen-bond acceptors (Lipinski definition) is 1. The first-order valence-corrected chi connectivity index (χ1v) is 6.18. The van der Waals surface area contributed by atoms with Crippen molar-refractivity contribution in [2.45, 2.75) is 32.4 Å². The van der Waals surface area contributed by atoms with Gasteiger partial charge in [0.2, 0.25) is 0 Å².